The molecule has 0 fully saturated rings. The predicted octanol–water partition coefficient (Wildman–Crippen LogP) is 3.39. The van der Waals surface area contributed by atoms with Gasteiger partial charge in [0, 0.05) is 5.69 Å². The average Bonchev–Trinajstić information content (AvgIpc) is 2.60. The molecule has 0 atom stereocenters. The molecule has 0 saturated carbocycles. The van der Waals surface area contributed by atoms with Crippen molar-refractivity contribution in [2.24, 2.45) is 0 Å². The van der Waals surface area contributed by atoms with Crippen molar-refractivity contribution in [3.63, 3.8) is 0 Å². The molecule has 2 rings (SSSR count). The summed E-state index contributed by atoms with van der Waals surface area (Å²) in [5, 5.41) is 11.7. The third-order valence-electron chi connectivity index (χ3n) is 4.16. The van der Waals surface area contributed by atoms with Crippen LogP contribution >= 0.6 is 0 Å². The molecule has 1 N–H and O–H groups in total. The third-order valence-corrected chi connectivity index (χ3v) is 5.30. The molecule has 0 spiro atoms. The summed E-state index contributed by atoms with van der Waals surface area (Å²) in [5.41, 5.74) is 3.37. The molecular formula is C20H23N3O3S. The Balaban J connectivity index is 2.29. The zero-order valence-corrected chi connectivity index (χ0v) is 16.7. The lowest BCUT2D eigenvalue weighted by molar-refractivity contribution is -0.114. The molecule has 6 nitrogen and oxygen atoms in total. The maximum absolute atomic E-state index is 12.6. The summed E-state index contributed by atoms with van der Waals surface area (Å²) in [4.78, 5) is 12.6. The first-order chi connectivity index (χ1) is 12.6. The topological polar surface area (TPSA) is 90.3 Å². The maximum atomic E-state index is 12.6. The van der Waals surface area contributed by atoms with Crippen molar-refractivity contribution < 1.29 is 13.2 Å². The van der Waals surface area contributed by atoms with Gasteiger partial charge in [-0.3, -0.25) is 9.10 Å². The van der Waals surface area contributed by atoms with Crippen LogP contribution in [0.5, 0.6) is 0 Å². The smallest absolute Gasteiger partial charge is 0.245 e. The van der Waals surface area contributed by atoms with Gasteiger partial charge in [-0.15, -0.1) is 0 Å². The maximum Gasteiger partial charge on any atom is 0.245 e. The van der Waals surface area contributed by atoms with E-state index in [1.165, 1.54) is 24.3 Å². The molecule has 0 aromatic heterocycles. The first-order valence-corrected chi connectivity index (χ1v) is 10.4. The van der Waals surface area contributed by atoms with Crippen molar-refractivity contribution >= 4 is 27.3 Å². The summed E-state index contributed by atoms with van der Waals surface area (Å²) in [6.07, 6.45) is 1.05. The number of hydrogen-bond acceptors (Lipinski definition) is 4. The Morgan fingerprint density at radius 1 is 1.19 bits per heavy atom. The van der Waals surface area contributed by atoms with E-state index in [0.717, 1.165) is 21.7 Å². The highest BCUT2D eigenvalue weighted by Crippen LogP contribution is 2.27. The molecule has 7 heteroatoms. The van der Waals surface area contributed by atoms with Crippen LogP contribution in [0.4, 0.5) is 11.4 Å². The number of sulfonamides is 1. The number of anilines is 2. The number of nitriles is 1. The molecule has 0 bridgehead atoms. The summed E-state index contributed by atoms with van der Waals surface area (Å²) < 4.78 is 25.4. The minimum absolute atomic E-state index is 0.213. The Morgan fingerprint density at radius 3 is 2.33 bits per heavy atom. The molecule has 2 aromatic carbocycles. The number of para-hydroxylation sites is 1. The zero-order valence-electron chi connectivity index (χ0n) is 15.9. The number of aryl methyl sites for hydroxylation is 1. The molecule has 0 aliphatic heterocycles. The molecule has 142 valence electrons. The number of hydrogen-bond donors (Lipinski definition) is 1. The number of carbonyl (C=O) groups excluding carboxylic acids is 1. The highest BCUT2D eigenvalue weighted by atomic mass is 32.2. The Kier molecular flexibility index (Phi) is 6.24. The minimum Gasteiger partial charge on any atom is -0.324 e. The average molecular weight is 385 g/mol. The molecule has 0 unspecified atom stereocenters. The zero-order chi connectivity index (χ0) is 20.2. The quantitative estimate of drug-likeness (QED) is 0.825. The van der Waals surface area contributed by atoms with Crippen LogP contribution in [0.1, 0.15) is 36.5 Å². The van der Waals surface area contributed by atoms with Crippen LogP contribution in [0.2, 0.25) is 0 Å². The van der Waals surface area contributed by atoms with E-state index in [2.05, 4.69) is 5.32 Å². The largest absolute Gasteiger partial charge is 0.324 e. The number of nitrogens with one attached hydrogen (secondary N) is 1. The summed E-state index contributed by atoms with van der Waals surface area (Å²) in [6, 6.07) is 13.8. The van der Waals surface area contributed by atoms with Gasteiger partial charge in [-0.25, -0.2) is 8.42 Å². The van der Waals surface area contributed by atoms with Gasteiger partial charge < -0.3 is 5.32 Å². The van der Waals surface area contributed by atoms with E-state index in [4.69, 9.17) is 5.26 Å². The van der Waals surface area contributed by atoms with Crippen LogP contribution in [-0.2, 0) is 14.8 Å². The van der Waals surface area contributed by atoms with Crippen molar-refractivity contribution in [3.05, 3.63) is 59.2 Å². The molecule has 2 aromatic rings. The van der Waals surface area contributed by atoms with Crippen LogP contribution in [0.25, 0.3) is 0 Å². The van der Waals surface area contributed by atoms with Gasteiger partial charge in [0.05, 0.1) is 23.6 Å². The second-order valence-electron chi connectivity index (χ2n) is 6.67. The fourth-order valence-electron chi connectivity index (χ4n) is 2.75. The lowest BCUT2D eigenvalue weighted by Gasteiger charge is -2.23. The van der Waals surface area contributed by atoms with Gasteiger partial charge in [0.1, 0.15) is 6.54 Å². The standard InChI is InChI=1S/C20H23N3O3S/c1-14(2)18-7-5-6-15(3)20(18)22-19(24)13-23(27(4,25)26)17-10-8-16(12-21)9-11-17/h5-11,14H,13H2,1-4H3,(H,22,24). The Hall–Kier alpha value is -2.85. The normalized spacial score (nSPS) is 11.1. The number of carbonyl (C=O) groups is 1. The first kappa shape index (κ1) is 20.5. The summed E-state index contributed by atoms with van der Waals surface area (Å²) in [5.74, 6) is -0.217. The van der Waals surface area contributed by atoms with Crippen LogP contribution in [-0.4, -0.2) is 27.1 Å². The fraction of sp³-hybridized carbons (Fsp3) is 0.300. The van der Waals surface area contributed by atoms with Crippen molar-refractivity contribution in [1.82, 2.24) is 0 Å². The lowest BCUT2D eigenvalue weighted by Crippen LogP contribution is -2.37. The molecule has 27 heavy (non-hydrogen) atoms. The van der Waals surface area contributed by atoms with E-state index in [0.29, 0.717) is 16.9 Å². The third kappa shape index (κ3) is 5.08. The van der Waals surface area contributed by atoms with Gasteiger partial charge in [-0.2, -0.15) is 5.26 Å². The summed E-state index contributed by atoms with van der Waals surface area (Å²) >= 11 is 0. The molecule has 1 amide bonds. The SMILES string of the molecule is Cc1cccc(C(C)C)c1NC(=O)CN(c1ccc(C#N)cc1)S(C)(=O)=O. The van der Waals surface area contributed by atoms with Crippen molar-refractivity contribution in [1.29, 1.82) is 5.26 Å². The molecular weight excluding hydrogens is 362 g/mol. The fourth-order valence-corrected chi connectivity index (χ4v) is 3.61. The van der Waals surface area contributed by atoms with Gasteiger partial charge in [-0.1, -0.05) is 32.0 Å². The molecule has 0 aliphatic carbocycles. The Bertz CT molecular complexity index is 975. The van der Waals surface area contributed by atoms with Gasteiger partial charge in [0.25, 0.3) is 0 Å². The van der Waals surface area contributed by atoms with E-state index >= 15 is 0 Å². The van der Waals surface area contributed by atoms with E-state index in [-0.39, 0.29) is 12.5 Å². The molecule has 0 heterocycles. The van der Waals surface area contributed by atoms with Gasteiger partial charge in [0.15, 0.2) is 0 Å². The van der Waals surface area contributed by atoms with E-state index < -0.39 is 15.9 Å². The van der Waals surface area contributed by atoms with Gasteiger partial charge in [-0.05, 0) is 48.2 Å². The van der Waals surface area contributed by atoms with Crippen LogP contribution < -0.4 is 9.62 Å². The second-order valence-corrected chi connectivity index (χ2v) is 8.58. The second kappa shape index (κ2) is 8.23. The minimum atomic E-state index is -3.67. The van der Waals surface area contributed by atoms with Crippen molar-refractivity contribution in [2.75, 3.05) is 22.4 Å². The summed E-state index contributed by atoms with van der Waals surface area (Å²) in [7, 11) is -3.67. The monoisotopic (exact) mass is 385 g/mol. The number of rotatable bonds is 6. The van der Waals surface area contributed by atoms with E-state index in [1.807, 2.05) is 45.0 Å². The highest BCUT2D eigenvalue weighted by molar-refractivity contribution is 7.92. The molecule has 0 aliphatic rings. The van der Waals surface area contributed by atoms with Crippen LogP contribution in [0.15, 0.2) is 42.5 Å². The lowest BCUT2D eigenvalue weighted by atomic mass is 9.98. The van der Waals surface area contributed by atoms with Crippen LogP contribution in [0.3, 0.4) is 0 Å². The Labute approximate surface area is 160 Å². The van der Waals surface area contributed by atoms with Gasteiger partial charge in [0.2, 0.25) is 15.9 Å². The van der Waals surface area contributed by atoms with Gasteiger partial charge >= 0.3 is 0 Å². The Morgan fingerprint density at radius 2 is 1.81 bits per heavy atom. The summed E-state index contributed by atoms with van der Waals surface area (Å²) in [6.45, 7) is 5.61. The van der Waals surface area contributed by atoms with E-state index in [9.17, 15) is 13.2 Å². The number of nitrogens with zero attached hydrogens (tertiary/aromatic N) is 2. The van der Waals surface area contributed by atoms with Crippen molar-refractivity contribution in [2.45, 2.75) is 26.7 Å². The van der Waals surface area contributed by atoms with Crippen LogP contribution in [0, 0.1) is 18.3 Å². The first-order valence-electron chi connectivity index (χ1n) is 8.50. The highest BCUT2D eigenvalue weighted by Gasteiger charge is 2.22. The predicted molar refractivity (Wildman–Crippen MR) is 107 cm³/mol. The molecule has 0 saturated heterocycles. The number of benzene rings is 2. The van der Waals surface area contributed by atoms with E-state index in [1.54, 1.807) is 0 Å². The number of amides is 1. The van der Waals surface area contributed by atoms with Crippen molar-refractivity contribution in [3.8, 4) is 6.07 Å². The molecule has 0 radical (unpaired) electrons.